The summed E-state index contributed by atoms with van der Waals surface area (Å²) in [6.45, 7) is 5.74. The molecule has 2 rings (SSSR count). The average molecular weight is 261 g/mol. The second kappa shape index (κ2) is 6.53. The van der Waals surface area contributed by atoms with Gasteiger partial charge in [0.1, 0.15) is 5.82 Å². The Morgan fingerprint density at radius 3 is 2.84 bits per heavy atom. The van der Waals surface area contributed by atoms with Crippen molar-refractivity contribution in [2.45, 2.75) is 25.8 Å². The number of nitrogens with zero attached hydrogens (tertiary/aromatic N) is 3. The van der Waals surface area contributed by atoms with Crippen LogP contribution in [0.2, 0.25) is 0 Å². The van der Waals surface area contributed by atoms with Gasteiger partial charge in [-0.15, -0.1) is 0 Å². The van der Waals surface area contributed by atoms with Crippen LogP contribution in [0.4, 0.5) is 10.1 Å². The van der Waals surface area contributed by atoms with Crippen LogP contribution in [0.5, 0.6) is 0 Å². The number of halogens is 1. The van der Waals surface area contributed by atoms with Crippen molar-refractivity contribution < 1.29 is 4.39 Å². The van der Waals surface area contributed by atoms with Crippen LogP contribution >= 0.6 is 0 Å². The lowest BCUT2D eigenvalue weighted by Gasteiger charge is -2.41. The fourth-order valence-corrected chi connectivity index (χ4v) is 2.62. The SMILES string of the molecule is C[C@@H]1CN(c2ccccc2F)CCN1CCCC#N. The van der Waals surface area contributed by atoms with Crippen LogP contribution in [-0.2, 0) is 0 Å². The van der Waals surface area contributed by atoms with Gasteiger partial charge in [-0.25, -0.2) is 4.39 Å². The molecule has 0 aliphatic carbocycles. The molecule has 4 heteroatoms. The third-order valence-electron chi connectivity index (χ3n) is 3.69. The van der Waals surface area contributed by atoms with E-state index in [1.54, 1.807) is 6.07 Å². The van der Waals surface area contributed by atoms with Gasteiger partial charge in [-0.1, -0.05) is 12.1 Å². The normalized spacial score (nSPS) is 20.3. The van der Waals surface area contributed by atoms with Gasteiger partial charge in [0.2, 0.25) is 0 Å². The molecule has 1 aliphatic heterocycles. The molecule has 0 amide bonds. The molecule has 1 saturated heterocycles. The van der Waals surface area contributed by atoms with E-state index in [2.05, 4.69) is 22.8 Å². The van der Waals surface area contributed by atoms with Gasteiger partial charge < -0.3 is 4.90 Å². The first-order valence-electron chi connectivity index (χ1n) is 6.83. The molecule has 1 aliphatic rings. The summed E-state index contributed by atoms with van der Waals surface area (Å²) in [6, 6.07) is 9.53. The highest BCUT2D eigenvalue weighted by Crippen LogP contribution is 2.22. The van der Waals surface area contributed by atoms with Crippen LogP contribution in [0.1, 0.15) is 19.8 Å². The summed E-state index contributed by atoms with van der Waals surface area (Å²) in [5, 5.41) is 8.56. The highest BCUT2D eigenvalue weighted by molar-refractivity contribution is 5.48. The topological polar surface area (TPSA) is 30.3 Å². The molecule has 19 heavy (non-hydrogen) atoms. The van der Waals surface area contributed by atoms with Crippen LogP contribution in [0.15, 0.2) is 24.3 Å². The molecule has 0 aromatic heterocycles. The zero-order chi connectivity index (χ0) is 13.7. The minimum absolute atomic E-state index is 0.146. The van der Waals surface area contributed by atoms with Gasteiger partial charge in [-0.2, -0.15) is 5.26 Å². The lowest BCUT2D eigenvalue weighted by atomic mass is 10.1. The maximum absolute atomic E-state index is 13.8. The van der Waals surface area contributed by atoms with Gasteiger partial charge in [0.25, 0.3) is 0 Å². The third kappa shape index (κ3) is 3.45. The molecule has 0 spiro atoms. The molecule has 0 bridgehead atoms. The summed E-state index contributed by atoms with van der Waals surface area (Å²) >= 11 is 0. The van der Waals surface area contributed by atoms with Crippen LogP contribution in [-0.4, -0.2) is 37.1 Å². The molecule has 1 aromatic carbocycles. The number of benzene rings is 1. The Bertz CT molecular complexity index is 455. The number of para-hydroxylation sites is 1. The number of hydrogen-bond donors (Lipinski definition) is 0. The van der Waals surface area contributed by atoms with Crippen LogP contribution in [0.25, 0.3) is 0 Å². The maximum Gasteiger partial charge on any atom is 0.146 e. The third-order valence-corrected chi connectivity index (χ3v) is 3.69. The molecule has 102 valence electrons. The number of hydrogen-bond acceptors (Lipinski definition) is 3. The Morgan fingerprint density at radius 1 is 1.37 bits per heavy atom. The van der Waals surface area contributed by atoms with Crippen LogP contribution < -0.4 is 4.90 Å². The maximum atomic E-state index is 13.8. The number of piperazine rings is 1. The highest BCUT2D eigenvalue weighted by Gasteiger charge is 2.24. The molecular formula is C15H20FN3. The van der Waals surface area contributed by atoms with E-state index in [1.807, 2.05) is 12.1 Å². The van der Waals surface area contributed by atoms with Crippen molar-refractivity contribution in [2.24, 2.45) is 0 Å². The van der Waals surface area contributed by atoms with E-state index in [1.165, 1.54) is 6.07 Å². The van der Waals surface area contributed by atoms with Crippen molar-refractivity contribution in [1.82, 2.24) is 4.90 Å². The summed E-state index contributed by atoms with van der Waals surface area (Å²) in [6.07, 6.45) is 1.53. The van der Waals surface area contributed by atoms with E-state index in [9.17, 15) is 4.39 Å². The fourth-order valence-electron chi connectivity index (χ4n) is 2.62. The van der Waals surface area contributed by atoms with Crippen molar-refractivity contribution in [1.29, 1.82) is 5.26 Å². The number of anilines is 1. The van der Waals surface area contributed by atoms with E-state index in [4.69, 9.17) is 5.26 Å². The quantitative estimate of drug-likeness (QED) is 0.781. The first-order chi connectivity index (χ1) is 9.22. The van der Waals surface area contributed by atoms with Crippen molar-refractivity contribution in [3.8, 4) is 6.07 Å². The summed E-state index contributed by atoms with van der Waals surface area (Å²) < 4.78 is 13.8. The van der Waals surface area contributed by atoms with E-state index < -0.39 is 0 Å². The second-order valence-corrected chi connectivity index (χ2v) is 5.04. The van der Waals surface area contributed by atoms with Crippen molar-refractivity contribution in [3.63, 3.8) is 0 Å². The average Bonchev–Trinajstić information content (AvgIpc) is 2.41. The van der Waals surface area contributed by atoms with Gasteiger partial charge in [0, 0.05) is 32.1 Å². The summed E-state index contributed by atoms with van der Waals surface area (Å²) in [7, 11) is 0. The lowest BCUT2D eigenvalue weighted by molar-refractivity contribution is 0.187. The van der Waals surface area contributed by atoms with Gasteiger partial charge in [0.15, 0.2) is 0 Å². The van der Waals surface area contributed by atoms with E-state index in [0.717, 1.165) is 32.6 Å². The standard InChI is InChI=1S/C15H20FN3/c1-13-12-19(15-7-3-2-6-14(15)16)11-10-18(13)9-5-4-8-17/h2-3,6-7,13H,4-5,9-12H2,1H3/t13-/m1/s1. The number of unbranched alkanes of at least 4 members (excludes halogenated alkanes) is 1. The Kier molecular flexibility index (Phi) is 4.75. The molecule has 0 unspecified atom stereocenters. The van der Waals surface area contributed by atoms with Crippen molar-refractivity contribution >= 4 is 5.69 Å². The van der Waals surface area contributed by atoms with E-state index in [-0.39, 0.29) is 5.82 Å². The van der Waals surface area contributed by atoms with Crippen LogP contribution in [0.3, 0.4) is 0 Å². The predicted molar refractivity (Wildman–Crippen MR) is 74.5 cm³/mol. The molecule has 0 radical (unpaired) electrons. The Morgan fingerprint density at radius 2 is 2.16 bits per heavy atom. The summed E-state index contributed by atoms with van der Waals surface area (Å²) in [5.41, 5.74) is 0.700. The Hall–Kier alpha value is -1.60. The zero-order valence-corrected chi connectivity index (χ0v) is 11.3. The number of nitriles is 1. The first kappa shape index (κ1) is 13.8. The molecule has 1 aromatic rings. The zero-order valence-electron chi connectivity index (χ0n) is 11.3. The Balaban J connectivity index is 1.93. The van der Waals surface area contributed by atoms with Crippen molar-refractivity contribution in [2.75, 3.05) is 31.1 Å². The van der Waals surface area contributed by atoms with E-state index in [0.29, 0.717) is 18.2 Å². The molecule has 0 N–H and O–H groups in total. The lowest BCUT2D eigenvalue weighted by Crippen LogP contribution is -2.52. The molecule has 1 atom stereocenters. The smallest absolute Gasteiger partial charge is 0.146 e. The van der Waals surface area contributed by atoms with Gasteiger partial charge in [-0.3, -0.25) is 4.90 Å². The Labute approximate surface area is 114 Å². The molecule has 0 saturated carbocycles. The van der Waals surface area contributed by atoms with Crippen molar-refractivity contribution in [3.05, 3.63) is 30.1 Å². The van der Waals surface area contributed by atoms with E-state index >= 15 is 0 Å². The largest absolute Gasteiger partial charge is 0.366 e. The second-order valence-electron chi connectivity index (χ2n) is 5.04. The first-order valence-corrected chi connectivity index (χ1v) is 6.83. The molecule has 3 nitrogen and oxygen atoms in total. The monoisotopic (exact) mass is 261 g/mol. The van der Waals surface area contributed by atoms with Crippen LogP contribution in [0, 0.1) is 17.1 Å². The fraction of sp³-hybridized carbons (Fsp3) is 0.533. The van der Waals surface area contributed by atoms with Gasteiger partial charge in [-0.05, 0) is 32.0 Å². The predicted octanol–water partition coefficient (Wildman–Crippen LogP) is 2.64. The molecular weight excluding hydrogens is 241 g/mol. The highest BCUT2D eigenvalue weighted by atomic mass is 19.1. The minimum atomic E-state index is -0.146. The summed E-state index contributed by atoms with van der Waals surface area (Å²) in [5.74, 6) is -0.146. The minimum Gasteiger partial charge on any atom is -0.366 e. The number of rotatable bonds is 4. The summed E-state index contributed by atoms with van der Waals surface area (Å²) in [4.78, 5) is 4.50. The van der Waals surface area contributed by atoms with Gasteiger partial charge in [0.05, 0.1) is 11.8 Å². The molecule has 1 fully saturated rings. The molecule has 1 heterocycles. The van der Waals surface area contributed by atoms with Gasteiger partial charge >= 0.3 is 0 Å².